The number of hydrogen-bond acceptors (Lipinski definition) is 4. The number of likely N-dealkylation sites (tertiary alicyclic amines) is 1. The molecule has 1 rings (SSSR count). The fraction of sp³-hybridized carbons (Fsp3) is 0.818. The Morgan fingerprint density at radius 3 is 2.67 bits per heavy atom. The van der Waals surface area contributed by atoms with Gasteiger partial charge in [0.1, 0.15) is 0 Å². The molecule has 3 N–H and O–H groups in total. The van der Waals surface area contributed by atoms with E-state index in [0.717, 1.165) is 38.0 Å². The Balaban J connectivity index is 2.15. The zero-order valence-corrected chi connectivity index (χ0v) is 9.32. The van der Waals surface area contributed by atoms with Crippen molar-refractivity contribution in [3.63, 3.8) is 0 Å². The maximum absolute atomic E-state index is 8.64. The number of nitrogens with two attached hydrogens (primary N) is 1. The predicted octanol–water partition coefficient (Wildman–Crippen LogP) is -0.0254. The van der Waals surface area contributed by atoms with E-state index < -0.39 is 0 Å². The van der Waals surface area contributed by atoms with Gasteiger partial charge in [-0.25, -0.2) is 0 Å². The molecule has 1 aliphatic rings. The van der Waals surface area contributed by atoms with Crippen LogP contribution in [0.5, 0.6) is 0 Å². The van der Waals surface area contributed by atoms with Gasteiger partial charge in [0.15, 0.2) is 0 Å². The van der Waals surface area contributed by atoms with Crippen LogP contribution in [0.25, 0.3) is 0 Å². The van der Waals surface area contributed by atoms with Crippen LogP contribution in [-0.2, 0) is 4.74 Å². The van der Waals surface area contributed by atoms with Crippen LogP contribution in [-0.4, -0.2) is 55.5 Å². The maximum atomic E-state index is 8.64. The molecule has 0 unspecified atom stereocenters. The Labute approximate surface area is 91.7 Å². The van der Waals surface area contributed by atoms with E-state index in [1.54, 1.807) is 0 Å². The summed E-state index contributed by atoms with van der Waals surface area (Å²) < 4.78 is 5.49. The molecular formula is C11H22N2O2. The lowest BCUT2D eigenvalue weighted by atomic mass is 10.1. The molecule has 1 fully saturated rings. The Hall–Kier alpha value is -0.420. The molecule has 1 saturated heterocycles. The highest BCUT2D eigenvalue weighted by atomic mass is 16.5. The fourth-order valence-electron chi connectivity index (χ4n) is 1.83. The highest BCUT2D eigenvalue weighted by Crippen LogP contribution is 2.14. The summed E-state index contributed by atoms with van der Waals surface area (Å²) in [4.78, 5) is 2.36. The lowest BCUT2D eigenvalue weighted by Gasteiger charge is -2.32. The summed E-state index contributed by atoms with van der Waals surface area (Å²) >= 11 is 0. The molecule has 0 spiro atoms. The van der Waals surface area contributed by atoms with Crippen LogP contribution in [0.2, 0.25) is 0 Å². The molecule has 0 aromatic carbocycles. The third-order valence-electron chi connectivity index (χ3n) is 2.72. The van der Waals surface area contributed by atoms with Crippen LogP contribution in [0.4, 0.5) is 0 Å². The summed E-state index contributed by atoms with van der Waals surface area (Å²) in [6.45, 7) is 8.03. The number of hydrogen-bond donors (Lipinski definition) is 2. The minimum atomic E-state index is 0.115. The van der Waals surface area contributed by atoms with Gasteiger partial charge in [-0.3, -0.25) is 4.90 Å². The molecule has 0 amide bonds. The summed E-state index contributed by atoms with van der Waals surface area (Å²) in [5.74, 6) is 0. The van der Waals surface area contributed by atoms with Crippen molar-refractivity contribution in [3.05, 3.63) is 12.2 Å². The van der Waals surface area contributed by atoms with E-state index in [9.17, 15) is 0 Å². The van der Waals surface area contributed by atoms with Crippen molar-refractivity contribution < 1.29 is 9.84 Å². The Morgan fingerprint density at radius 2 is 2.13 bits per heavy atom. The molecule has 0 radical (unpaired) electrons. The molecule has 0 atom stereocenters. The average molecular weight is 214 g/mol. The van der Waals surface area contributed by atoms with Gasteiger partial charge in [-0.15, -0.1) is 0 Å². The van der Waals surface area contributed by atoms with Crippen LogP contribution in [0.3, 0.4) is 0 Å². The lowest BCUT2D eigenvalue weighted by molar-refractivity contribution is -0.00628. The maximum Gasteiger partial charge on any atom is 0.0701 e. The van der Waals surface area contributed by atoms with E-state index in [1.165, 1.54) is 0 Å². The van der Waals surface area contributed by atoms with Crippen molar-refractivity contribution in [1.29, 1.82) is 0 Å². The van der Waals surface area contributed by atoms with Crippen molar-refractivity contribution in [3.8, 4) is 0 Å². The molecular weight excluding hydrogens is 192 g/mol. The fourth-order valence-corrected chi connectivity index (χ4v) is 1.83. The van der Waals surface area contributed by atoms with Gasteiger partial charge in [-0.1, -0.05) is 6.58 Å². The van der Waals surface area contributed by atoms with Gasteiger partial charge < -0.3 is 15.6 Å². The predicted molar refractivity (Wildman–Crippen MR) is 60.7 cm³/mol. The summed E-state index contributed by atoms with van der Waals surface area (Å²) in [5.41, 5.74) is 6.59. The first-order valence-corrected chi connectivity index (χ1v) is 5.57. The van der Waals surface area contributed by atoms with Crippen molar-refractivity contribution in [2.75, 3.05) is 39.4 Å². The van der Waals surface area contributed by atoms with E-state index in [2.05, 4.69) is 11.5 Å². The number of piperidine rings is 1. The first kappa shape index (κ1) is 12.6. The third-order valence-corrected chi connectivity index (χ3v) is 2.72. The van der Waals surface area contributed by atoms with Gasteiger partial charge in [-0.05, 0) is 18.4 Å². The molecule has 0 aliphatic carbocycles. The van der Waals surface area contributed by atoms with E-state index in [4.69, 9.17) is 15.6 Å². The van der Waals surface area contributed by atoms with Crippen molar-refractivity contribution >= 4 is 0 Å². The Kier molecular flexibility index (Phi) is 5.86. The Bertz CT molecular complexity index is 189. The number of ether oxygens (including phenoxy) is 1. The van der Waals surface area contributed by atoms with Crippen LogP contribution in [0, 0.1) is 0 Å². The van der Waals surface area contributed by atoms with E-state index in [1.807, 2.05) is 0 Å². The summed E-state index contributed by atoms with van der Waals surface area (Å²) in [6.07, 6.45) is 2.40. The topological polar surface area (TPSA) is 58.7 Å². The largest absolute Gasteiger partial charge is 0.394 e. The minimum absolute atomic E-state index is 0.115. The van der Waals surface area contributed by atoms with E-state index in [0.29, 0.717) is 19.3 Å². The molecule has 4 nitrogen and oxygen atoms in total. The van der Waals surface area contributed by atoms with Crippen molar-refractivity contribution in [2.45, 2.75) is 18.9 Å². The second-order valence-corrected chi connectivity index (χ2v) is 4.02. The van der Waals surface area contributed by atoms with Crippen molar-refractivity contribution in [2.24, 2.45) is 5.73 Å². The molecule has 0 bridgehead atoms. The first-order chi connectivity index (χ1) is 7.26. The first-order valence-electron chi connectivity index (χ1n) is 5.57. The average Bonchev–Trinajstić information content (AvgIpc) is 2.28. The van der Waals surface area contributed by atoms with Crippen LogP contribution >= 0.6 is 0 Å². The van der Waals surface area contributed by atoms with Crippen LogP contribution in [0.1, 0.15) is 12.8 Å². The molecule has 0 aromatic rings. The van der Waals surface area contributed by atoms with E-state index in [-0.39, 0.29) is 6.61 Å². The summed E-state index contributed by atoms with van der Waals surface area (Å²) in [6, 6.07) is 0. The number of rotatable bonds is 6. The monoisotopic (exact) mass is 214 g/mol. The van der Waals surface area contributed by atoms with E-state index >= 15 is 0 Å². The molecule has 1 heterocycles. The summed E-state index contributed by atoms with van der Waals surface area (Å²) in [7, 11) is 0. The molecule has 0 saturated carbocycles. The SMILES string of the molecule is C=C(CN)CN1CCC(OCCO)CC1. The standard InChI is InChI=1S/C11H22N2O2/c1-10(8-12)9-13-4-2-11(3-5-13)15-7-6-14/h11,14H,1-9,12H2. The summed E-state index contributed by atoms with van der Waals surface area (Å²) in [5, 5.41) is 8.64. The highest BCUT2D eigenvalue weighted by molar-refractivity contribution is 4.99. The highest BCUT2D eigenvalue weighted by Gasteiger charge is 2.19. The number of aliphatic hydroxyl groups is 1. The zero-order valence-electron chi connectivity index (χ0n) is 9.32. The van der Waals surface area contributed by atoms with Gasteiger partial charge >= 0.3 is 0 Å². The second-order valence-electron chi connectivity index (χ2n) is 4.02. The lowest BCUT2D eigenvalue weighted by Crippen LogP contribution is -2.38. The molecule has 88 valence electrons. The molecule has 0 aromatic heterocycles. The molecule has 15 heavy (non-hydrogen) atoms. The van der Waals surface area contributed by atoms with Gasteiger partial charge in [0.25, 0.3) is 0 Å². The van der Waals surface area contributed by atoms with Gasteiger partial charge in [0.2, 0.25) is 0 Å². The minimum Gasteiger partial charge on any atom is -0.394 e. The normalized spacial score (nSPS) is 19.3. The number of nitrogens with zero attached hydrogens (tertiary/aromatic N) is 1. The molecule has 4 heteroatoms. The van der Waals surface area contributed by atoms with Crippen molar-refractivity contribution in [1.82, 2.24) is 4.90 Å². The Morgan fingerprint density at radius 1 is 1.47 bits per heavy atom. The van der Waals surface area contributed by atoms with Gasteiger partial charge in [0.05, 0.1) is 19.3 Å². The van der Waals surface area contributed by atoms with Gasteiger partial charge in [0, 0.05) is 26.2 Å². The smallest absolute Gasteiger partial charge is 0.0701 e. The van der Waals surface area contributed by atoms with Crippen LogP contribution in [0.15, 0.2) is 12.2 Å². The third kappa shape index (κ3) is 4.75. The molecule has 1 aliphatic heterocycles. The number of aliphatic hydroxyl groups excluding tert-OH is 1. The second kappa shape index (κ2) is 6.95. The van der Waals surface area contributed by atoms with Gasteiger partial charge in [-0.2, -0.15) is 0 Å². The quantitative estimate of drug-likeness (QED) is 0.610. The zero-order chi connectivity index (χ0) is 11.1. The van der Waals surface area contributed by atoms with Crippen LogP contribution < -0.4 is 5.73 Å².